The fourth-order valence-corrected chi connectivity index (χ4v) is 1.71. The predicted octanol–water partition coefficient (Wildman–Crippen LogP) is 2.50. The second kappa shape index (κ2) is 3.27. The molecule has 0 saturated carbocycles. The van der Waals surface area contributed by atoms with Crippen molar-refractivity contribution < 1.29 is 0 Å². The summed E-state index contributed by atoms with van der Waals surface area (Å²) in [5.41, 5.74) is 2.46. The zero-order valence-electron chi connectivity index (χ0n) is 6.55. The molecule has 1 aromatic heterocycles. The highest BCUT2D eigenvalue weighted by atomic mass is 79.9. The molecule has 0 aliphatic carbocycles. The zero-order valence-corrected chi connectivity index (χ0v) is 8.13. The van der Waals surface area contributed by atoms with Crippen LogP contribution >= 0.6 is 15.9 Å². The number of nitrogens with zero attached hydrogens (tertiary/aromatic N) is 1. The van der Waals surface area contributed by atoms with Gasteiger partial charge in [0.1, 0.15) is 0 Å². The predicted molar refractivity (Wildman–Crippen MR) is 53.6 cm³/mol. The van der Waals surface area contributed by atoms with E-state index in [1.165, 1.54) is 10.9 Å². The maximum Gasteiger partial charge on any atom is 0.0653 e. The zero-order chi connectivity index (χ0) is 8.39. The number of aryl methyl sites for hydroxylation is 1. The minimum Gasteiger partial charge on any atom is -0.278 e. The van der Waals surface area contributed by atoms with E-state index in [-0.39, 0.29) is 0 Å². The Hall–Kier alpha value is -0.830. The molecule has 0 amide bonds. The third-order valence-electron chi connectivity index (χ3n) is 1.89. The van der Waals surface area contributed by atoms with Gasteiger partial charge in [0.05, 0.1) is 11.7 Å². The van der Waals surface area contributed by atoms with Gasteiger partial charge in [0.2, 0.25) is 0 Å². The summed E-state index contributed by atoms with van der Waals surface area (Å²) in [7, 11) is 0. The highest BCUT2D eigenvalue weighted by molar-refractivity contribution is 9.09. The van der Waals surface area contributed by atoms with E-state index in [1.54, 1.807) is 0 Å². The third kappa shape index (κ3) is 1.37. The van der Waals surface area contributed by atoms with Crippen LogP contribution < -0.4 is 0 Å². The Bertz CT molecular complexity index is 381. The van der Waals surface area contributed by atoms with E-state index < -0.39 is 0 Å². The van der Waals surface area contributed by atoms with Crippen LogP contribution in [0.3, 0.4) is 0 Å². The van der Waals surface area contributed by atoms with Crippen molar-refractivity contribution in [2.45, 2.75) is 6.42 Å². The first-order valence-corrected chi connectivity index (χ1v) is 5.00. The SMILES string of the molecule is BrCCc1ccc2cn[nH]c2c1. The van der Waals surface area contributed by atoms with Crippen LogP contribution in [0.25, 0.3) is 10.9 Å². The highest BCUT2D eigenvalue weighted by Crippen LogP contribution is 2.13. The Kier molecular flexibility index (Phi) is 2.13. The molecule has 0 spiro atoms. The lowest BCUT2D eigenvalue weighted by atomic mass is 10.1. The number of H-pyrrole nitrogens is 1. The number of fused-ring (bicyclic) bond motifs is 1. The molecule has 1 aromatic carbocycles. The fraction of sp³-hybridized carbons (Fsp3) is 0.222. The molecular formula is C9H9BrN2. The lowest BCUT2D eigenvalue weighted by Gasteiger charge is -1.96. The molecule has 0 aliphatic rings. The summed E-state index contributed by atoms with van der Waals surface area (Å²) in [5, 5.41) is 9.10. The minimum atomic E-state index is 1.01. The van der Waals surface area contributed by atoms with E-state index in [1.807, 2.05) is 6.20 Å². The van der Waals surface area contributed by atoms with Crippen molar-refractivity contribution in [3.63, 3.8) is 0 Å². The van der Waals surface area contributed by atoms with Crippen LogP contribution in [0.4, 0.5) is 0 Å². The fourth-order valence-electron chi connectivity index (χ4n) is 1.25. The summed E-state index contributed by atoms with van der Waals surface area (Å²) < 4.78 is 0. The van der Waals surface area contributed by atoms with Crippen molar-refractivity contribution in [2.75, 3.05) is 5.33 Å². The summed E-state index contributed by atoms with van der Waals surface area (Å²) in [6.07, 6.45) is 2.90. The summed E-state index contributed by atoms with van der Waals surface area (Å²) in [4.78, 5) is 0. The first-order chi connectivity index (χ1) is 5.90. The summed E-state index contributed by atoms with van der Waals surface area (Å²) in [6, 6.07) is 6.37. The van der Waals surface area contributed by atoms with Crippen LogP contribution in [0.2, 0.25) is 0 Å². The van der Waals surface area contributed by atoms with Gasteiger partial charge >= 0.3 is 0 Å². The van der Waals surface area contributed by atoms with Gasteiger partial charge < -0.3 is 0 Å². The number of aromatic amines is 1. The third-order valence-corrected chi connectivity index (χ3v) is 2.29. The minimum absolute atomic E-state index is 1.01. The number of nitrogens with one attached hydrogen (secondary N) is 1. The first kappa shape index (κ1) is 7.80. The van der Waals surface area contributed by atoms with Crippen LogP contribution in [0.5, 0.6) is 0 Å². The molecular weight excluding hydrogens is 216 g/mol. The average Bonchev–Trinajstić information content (AvgIpc) is 2.51. The topological polar surface area (TPSA) is 28.7 Å². The van der Waals surface area contributed by atoms with Crippen molar-refractivity contribution >= 4 is 26.8 Å². The standard InChI is InChI=1S/C9H9BrN2/c10-4-3-7-1-2-8-6-11-12-9(8)5-7/h1-2,5-6H,3-4H2,(H,11,12). The number of hydrogen-bond donors (Lipinski definition) is 1. The Labute approximate surface area is 79.1 Å². The number of hydrogen-bond acceptors (Lipinski definition) is 1. The van der Waals surface area contributed by atoms with Crippen LogP contribution in [0.1, 0.15) is 5.56 Å². The van der Waals surface area contributed by atoms with Crippen LogP contribution in [-0.4, -0.2) is 15.5 Å². The second-order valence-electron chi connectivity index (χ2n) is 2.73. The normalized spacial score (nSPS) is 10.8. The van der Waals surface area contributed by atoms with Gasteiger partial charge in [0.15, 0.2) is 0 Å². The summed E-state index contributed by atoms with van der Waals surface area (Å²) in [6.45, 7) is 0. The molecule has 1 heterocycles. The molecule has 0 saturated heterocycles. The summed E-state index contributed by atoms with van der Waals surface area (Å²) >= 11 is 3.42. The Balaban J connectivity index is 2.46. The summed E-state index contributed by atoms with van der Waals surface area (Å²) in [5.74, 6) is 0. The number of alkyl halides is 1. The molecule has 0 bridgehead atoms. The molecule has 0 atom stereocenters. The van der Waals surface area contributed by atoms with E-state index >= 15 is 0 Å². The van der Waals surface area contributed by atoms with Crippen molar-refractivity contribution in [2.24, 2.45) is 0 Å². The molecule has 62 valence electrons. The lowest BCUT2D eigenvalue weighted by Crippen LogP contribution is -1.84. The van der Waals surface area contributed by atoms with E-state index in [0.29, 0.717) is 0 Å². The molecule has 3 heteroatoms. The van der Waals surface area contributed by atoms with Crippen LogP contribution in [0.15, 0.2) is 24.4 Å². The maximum absolute atomic E-state index is 3.97. The van der Waals surface area contributed by atoms with Gasteiger partial charge in [-0.2, -0.15) is 5.10 Å². The second-order valence-corrected chi connectivity index (χ2v) is 3.52. The molecule has 12 heavy (non-hydrogen) atoms. The van der Waals surface area contributed by atoms with Crippen molar-refractivity contribution in [1.29, 1.82) is 0 Å². The molecule has 2 rings (SSSR count). The average molecular weight is 225 g/mol. The number of aromatic nitrogens is 2. The monoisotopic (exact) mass is 224 g/mol. The first-order valence-electron chi connectivity index (χ1n) is 3.88. The van der Waals surface area contributed by atoms with Crippen LogP contribution in [0, 0.1) is 0 Å². The van der Waals surface area contributed by atoms with Crippen LogP contribution in [-0.2, 0) is 6.42 Å². The van der Waals surface area contributed by atoms with Gasteiger partial charge in [-0.05, 0) is 18.1 Å². The van der Waals surface area contributed by atoms with Crippen molar-refractivity contribution in [3.8, 4) is 0 Å². The Morgan fingerprint density at radius 2 is 2.33 bits per heavy atom. The van der Waals surface area contributed by atoms with Gasteiger partial charge in [0.25, 0.3) is 0 Å². The highest BCUT2D eigenvalue weighted by Gasteiger charge is 1.96. The molecule has 0 fully saturated rings. The van der Waals surface area contributed by atoms with Crippen molar-refractivity contribution in [3.05, 3.63) is 30.0 Å². The molecule has 2 nitrogen and oxygen atoms in total. The molecule has 0 aliphatic heterocycles. The molecule has 2 aromatic rings. The maximum atomic E-state index is 3.97. The van der Waals surface area contributed by atoms with Crippen molar-refractivity contribution in [1.82, 2.24) is 10.2 Å². The van der Waals surface area contributed by atoms with E-state index in [9.17, 15) is 0 Å². The van der Waals surface area contributed by atoms with Gasteiger partial charge in [-0.1, -0.05) is 28.1 Å². The Morgan fingerprint density at radius 1 is 1.42 bits per heavy atom. The Morgan fingerprint density at radius 3 is 3.17 bits per heavy atom. The quantitative estimate of drug-likeness (QED) is 0.781. The van der Waals surface area contributed by atoms with E-state index in [2.05, 4.69) is 44.3 Å². The lowest BCUT2D eigenvalue weighted by molar-refractivity contribution is 1.11. The van der Waals surface area contributed by atoms with E-state index in [4.69, 9.17) is 0 Å². The van der Waals surface area contributed by atoms with Gasteiger partial charge in [-0.3, -0.25) is 5.10 Å². The van der Waals surface area contributed by atoms with Gasteiger partial charge in [0, 0.05) is 10.7 Å². The molecule has 1 N–H and O–H groups in total. The molecule has 0 unspecified atom stereocenters. The number of benzene rings is 1. The molecule has 0 radical (unpaired) electrons. The smallest absolute Gasteiger partial charge is 0.0653 e. The van der Waals surface area contributed by atoms with Gasteiger partial charge in [-0.25, -0.2) is 0 Å². The van der Waals surface area contributed by atoms with E-state index in [0.717, 1.165) is 17.3 Å². The van der Waals surface area contributed by atoms with Gasteiger partial charge in [-0.15, -0.1) is 0 Å². The number of halogens is 1. The largest absolute Gasteiger partial charge is 0.278 e. The number of rotatable bonds is 2.